The Balaban J connectivity index is 1.48. The van der Waals surface area contributed by atoms with Crippen molar-refractivity contribution in [3.63, 3.8) is 0 Å². The summed E-state index contributed by atoms with van der Waals surface area (Å²) < 4.78 is 23.6. The number of aliphatic imine (C=N–C) groups is 1. The van der Waals surface area contributed by atoms with Gasteiger partial charge in [0.1, 0.15) is 5.82 Å². The summed E-state index contributed by atoms with van der Waals surface area (Å²) in [6.45, 7) is 1.66. The lowest BCUT2D eigenvalue weighted by atomic mass is 9.64. The number of hydrogen-bond donors (Lipinski definition) is 2. The molecule has 0 atom stereocenters. The predicted molar refractivity (Wildman–Crippen MR) is 88.7 cm³/mol. The van der Waals surface area contributed by atoms with Gasteiger partial charge in [0.05, 0.1) is 23.4 Å². The Hall–Kier alpha value is -2.00. The van der Waals surface area contributed by atoms with Crippen molar-refractivity contribution in [2.24, 2.45) is 16.1 Å². The molecule has 2 heterocycles. The van der Waals surface area contributed by atoms with Crippen molar-refractivity contribution in [2.75, 3.05) is 18.5 Å². The van der Waals surface area contributed by atoms with Gasteiger partial charge in [0.25, 0.3) is 0 Å². The normalized spacial score (nSPS) is 19.8. The van der Waals surface area contributed by atoms with Gasteiger partial charge >= 0.3 is 0 Å². The first-order valence-electron chi connectivity index (χ1n) is 7.51. The average Bonchev–Trinajstić information content (AvgIpc) is 2.92. The monoisotopic (exact) mass is 395 g/mol. The molecule has 1 aromatic heterocycles. The number of nitrogens with one attached hydrogen (secondary N) is 1. The van der Waals surface area contributed by atoms with E-state index in [2.05, 4.69) is 36.6 Å². The smallest absolute Gasteiger partial charge is 0.202 e. The number of halogens is 2. The molecule has 1 aliphatic carbocycles. The van der Waals surface area contributed by atoms with Gasteiger partial charge in [0.15, 0.2) is 11.5 Å². The van der Waals surface area contributed by atoms with E-state index in [1.165, 1.54) is 18.2 Å². The number of amidine groups is 1. The molecule has 0 unspecified atom stereocenters. The van der Waals surface area contributed by atoms with Crippen LogP contribution in [-0.4, -0.2) is 35.4 Å². The van der Waals surface area contributed by atoms with Crippen molar-refractivity contribution in [3.8, 4) is 0 Å². The molecule has 2 aromatic rings. The lowest BCUT2D eigenvalue weighted by molar-refractivity contribution is -0.159. The van der Waals surface area contributed by atoms with Gasteiger partial charge in [-0.05, 0) is 57.3 Å². The molecule has 7 nitrogen and oxygen atoms in total. The second-order valence-corrected chi connectivity index (χ2v) is 7.15. The summed E-state index contributed by atoms with van der Waals surface area (Å²) in [6.07, 6.45) is 2.06. The minimum atomic E-state index is -0.364. The lowest BCUT2D eigenvalue weighted by Gasteiger charge is -2.53. The fraction of sp³-hybridized carbons (Fsp3) is 0.400. The summed E-state index contributed by atoms with van der Waals surface area (Å²) in [4.78, 5) is 4.25. The number of anilines is 1. The van der Waals surface area contributed by atoms with Crippen LogP contribution in [0.25, 0.3) is 0 Å². The maximum Gasteiger partial charge on any atom is 0.202 e. The van der Waals surface area contributed by atoms with E-state index in [1.54, 1.807) is 0 Å². The van der Waals surface area contributed by atoms with Gasteiger partial charge in [-0.25, -0.2) is 14.0 Å². The van der Waals surface area contributed by atoms with Gasteiger partial charge in [-0.15, -0.1) is 0 Å². The summed E-state index contributed by atoms with van der Waals surface area (Å²) in [5, 5.41) is 11.0. The number of rotatable bonds is 4. The quantitative estimate of drug-likeness (QED) is 0.609. The third-order valence-electron chi connectivity index (χ3n) is 4.40. The van der Waals surface area contributed by atoms with E-state index in [9.17, 15) is 4.39 Å². The van der Waals surface area contributed by atoms with Gasteiger partial charge in [0, 0.05) is 11.5 Å². The SMILES string of the molecule is NC(=Nc1ccc(F)c(Br)c1)c1nonc1NC1CC2(COC2)C1. The Morgan fingerprint density at radius 3 is 2.83 bits per heavy atom. The van der Waals surface area contributed by atoms with E-state index in [0.29, 0.717) is 33.1 Å². The number of benzene rings is 1. The third kappa shape index (κ3) is 2.78. The fourth-order valence-electron chi connectivity index (χ4n) is 3.11. The van der Waals surface area contributed by atoms with Crippen LogP contribution in [-0.2, 0) is 4.74 Å². The number of hydrogen-bond acceptors (Lipinski definition) is 6. The Labute approximate surface area is 145 Å². The van der Waals surface area contributed by atoms with Crippen molar-refractivity contribution in [2.45, 2.75) is 18.9 Å². The fourth-order valence-corrected chi connectivity index (χ4v) is 3.47. The first-order chi connectivity index (χ1) is 11.5. The van der Waals surface area contributed by atoms with Crippen molar-refractivity contribution in [1.29, 1.82) is 0 Å². The molecule has 1 aromatic carbocycles. The Bertz CT molecular complexity index is 797. The lowest BCUT2D eigenvalue weighted by Crippen LogP contribution is -2.56. The number of aromatic nitrogens is 2. The van der Waals surface area contributed by atoms with Crippen LogP contribution in [0.5, 0.6) is 0 Å². The molecular formula is C15H15BrFN5O2. The summed E-state index contributed by atoms with van der Waals surface area (Å²) in [5.41, 5.74) is 7.20. The highest BCUT2D eigenvalue weighted by atomic mass is 79.9. The second kappa shape index (κ2) is 5.82. The van der Waals surface area contributed by atoms with Gasteiger partial charge in [0.2, 0.25) is 5.82 Å². The zero-order valence-electron chi connectivity index (χ0n) is 12.6. The molecule has 2 aliphatic rings. The van der Waals surface area contributed by atoms with E-state index < -0.39 is 0 Å². The van der Waals surface area contributed by atoms with Gasteiger partial charge < -0.3 is 15.8 Å². The highest BCUT2D eigenvalue weighted by molar-refractivity contribution is 9.10. The predicted octanol–water partition coefficient (Wildman–Crippen LogP) is 2.60. The molecule has 1 aliphatic heterocycles. The molecule has 0 bridgehead atoms. The highest BCUT2D eigenvalue weighted by Crippen LogP contribution is 2.47. The van der Waals surface area contributed by atoms with Crippen LogP contribution in [0.3, 0.4) is 0 Å². The van der Waals surface area contributed by atoms with Crippen molar-refractivity contribution in [3.05, 3.63) is 34.2 Å². The van der Waals surface area contributed by atoms with Crippen LogP contribution in [0, 0.1) is 11.2 Å². The Morgan fingerprint density at radius 2 is 2.17 bits per heavy atom. The van der Waals surface area contributed by atoms with E-state index in [1.807, 2.05) is 0 Å². The van der Waals surface area contributed by atoms with Gasteiger partial charge in [-0.2, -0.15) is 0 Å². The zero-order chi connectivity index (χ0) is 16.7. The molecule has 1 saturated heterocycles. The van der Waals surface area contributed by atoms with Crippen molar-refractivity contribution in [1.82, 2.24) is 10.3 Å². The molecule has 9 heteroatoms. The maximum absolute atomic E-state index is 13.3. The largest absolute Gasteiger partial charge is 0.382 e. The molecule has 0 amide bonds. The molecule has 1 spiro atoms. The number of nitrogens with two attached hydrogens (primary N) is 1. The van der Waals surface area contributed by atoms with E-state index in [-0.39, 0.29) is 11.7 Å². The van der Waals surface area contributed by atoms with E-state index in [4.69, 9.17) is 15.1 Å². The minimum absolute atomic E-state index is 0.151. The standard InChI is InChI=1S/C15H15BrFN5O2/c16-10-3-8(1-2-11(10)17)19-13(18)12-14(22-24-21-12)20-9-4-15(5-9)6-23-7-15/h1-3,9H,4-7H2,(H2,18,19)(H,20,22). The molecule has 24 heavy (non-hydrogen) atoms. The third-order valence-corrected chi connectivity index (χ3v) is 5.01. The molecule has 3 N–H and O–H groups in total. The molecule has 0 radical (unpaired) electrons. The number of ether oxygens (including phenoxy) is 1. The summed E-state index contributed by atoms with van der Waals surface area (Å²) in [6, 6.07) is 4.67. The summed E-state index contributed by atoms with van der Waals surface area (Å²) in [7, 11) is 0. The zero-order valence-corrected chi connectivity index (χ0v) is 14.2. The van der Waals surface area contributed by atoms with Crippen LogP contribution in [0.15, 0.2) is 32.3 Å². The minimum Gasteiger partial charge on any atom is -0.382 e. The molecule has 2 fully saturated rings. The second-order valence-electron chi connectivity index (χ2n) is 6.30. The Morgan fingerprint density at radius 1 is 1.38 bits per heavy atom. The van der Waals surface area contributed by atoms with Gasteiger partial charge in [-0.3, -0.25) is 0 Å². The van der Waals surface area contributed by atoms with E-state index in [0.717, 1.165) is 26.1 Å². The van der Waals surface area contributed by atoms with Crippen molar-refractivity contribution >= 4 is 33.3 Å². The van der Waals surface area contributed by atoms with Crippen LogP contribution < -0.4 is 11.1 Å². The first kappa shape index (κ1) is 15.5. The maximum atomic E-state index is 13.3. The van der Waals surface area contributed by atoms with Gasteiger partial charge in [-0.1, -0.05) is 0 Å². The average molecular weight is 396 g/mol. The van der Waals surface area contributed by atoms with E-state index >= 15 is 0 Å². The summed E-state index contributed by atoms with van der Waals surface area (Å²) >= 11 is 3.12. The van der Waals surface area contributed by atoms with Crippen LogP contribution in [0.2, 0.25) is 0 Å². The highest BCUT2D eigenvalue weighted by Gasteiger charge is 2.50. The Kier molecular flexibility index (Phi) is 3.76. The molecule has 1 saturated carbocycles. The van der Waals surface area contributed by atoms with Crippen molar-refractivity contribution < 1.29 is 13.8 Å². The first-order valence-corrected chi connectivity index (χ1v) is 8.30. The molecular weight excluding hydrogens is 381 g/mol. The molecule has 126 valence electrons. The topological polar surface area (TPSA) is 98.6 Å². The molecule has 4 rings (SSSR count). The van der Waals surface area contributed by atoms with Crippen LogP contribution in [0.4, 0.5) is 15.9 Å². The summed E-state index contributed by atoms with van der Waals surface area (Å²) in [5.74, 6) is 0.257. The van der Waals surface area contributed by atoms with Crippen LogP contribution >= 0.6 is 15.9 Å². The number of nitrogens with zero attached hydrogens (tertiary/aromatic N) is 3. The van der Waals surface area contributed by atoms with Crippen LogP contribution in [0.1, 0.15) is 18.5 Å².